The number of hydrogen-bond donors (Lipinski definition) is 1. The van der Waals surface area contributed by atoms with Gasteiger partial charge in [0.25, 0.3) is 0 Å². The molecule has 1 aliphatic rings. The van der Waals surface area contributed by atoms with E-state index in [1.807, 2.05) is 31.3 Å². The van der Waals surface area contributed by atoms with Crippen molar-refractivity contribution in [1.29, 1.82) is 0 Å². The first-order valence-electron chi connectivity index (χ1n) is 7.13. The Bertz CT molecular complexity index is 574. The smallest absolute Gasteiger partial charge is 0.126 e. The van der Waals surface area contributed by atoms with Crippen molar-refractivity contribution in [3.63, 3.8) is 0 Å². The summed E-state index contributed by atoms with van der Waals surface area (Å²) in [5, 5.41) is 0. The molecule has 104 valence electrons. The summed E-state index contributed by atoms with van der Waals surface area (Å²) < 4.78 is 0. The molecular weight excluding hydrogens is 248 g/mol. The lowest BCUT2D eigenvalue weighted by Gasteiger charge is -2.32. The molecule has 3 rings (SSSR count). The van der Waals surface area contributed by atoms with Gasteiger partial charge in [0.05, 0.1) is 17.6 Å². The zero-order chi connectivity index (χ0) is 13.9. The molecule has 4 heteroatoms. The highest BCUT2D eigenvalue weighted by molar-refractivity contribution is 5.74. The summed E-state index contributed by atoms with van der Waals surface area (Å²) in [5.41, 5.74) is 9.27. The molecule has 1 saturated heterocycles. The predicted octanol–water partition coefficient (Wildman–Crippen LogP) is 2.38. The number of rotatable bonds is 2. The van der Waals surface area contributed by atoms with Crippen LogP contribution in [0.25, 0.3) is 11.3 Å². The summed E-state index contributed by atoms with van der Waals surface area (Å²) in [7, 11) is 0. The van der Waals surface area contributed by atoms with Crippen LogP contribution in [0.5, 0.6) is 0 Å². The molecule has 20 heavy (non-hydrogen) atoms. The van der Waals surface area contributed by atoms with Crippen molar-refractivity contribution in [3.8, 4) is 11.3 Å². The van der Waals surface area contributed by atoms with E-state index in [1.165, 1.54) is 0 Å². The monoisotopic (exact) mass is 268 g/mol. The molecule has 1 fully saturated rings. The van der Waals surface area contributed by atoms with Gasteiger partial charge < -0.3 is 10.6 Å². The van der Waals surface area contributed by atoms with Crippen molar-refractivity contribution in [2.24, 2.45) is 5.73 Å². The summed E-state index contributed by atoms with van der Waals surface area (Å²) in [6, 6.07) is 10.6. The maximum Gasteiger partial charge on any atom is 0.126 e. The van der Waals surface area contributed by atoms with Gasteiger partial charge in [-0.1, -0.05) is 30.3 Å². The van der Waals surface area contributed by atoms with Crippen molar-refractivity contribution in [3.05, 3.63) is 42.4 Å². The van der Waals surface area contributed by atoms with Gasteiger partial charge in [0, 0.05) is 24.7 Å². The van der Waals surface area contributed by atoms with Gasteiger partial charge in [-0.05, 0) is 19.8 Å². The Morgan fingerprint density at radius 3 is 2.55 bits per heavy atom. The lowest BCUT2D eigenvalue weighted by Crippen LogP contribution is -2.40. The second kappa shape index (κ2) is 5.59. The number of nitrogens with two attached hydrogens (primary N) is 1. The Morgan fingerprint density at radius 1 is 1.15 bits per heavy atom. The molecule has 0 spiro atoms. The van der Waals surface area contributed by atoms with Crippen molar-refractivity contribution in [2.75, 3.05) is 18.0 Å². The third-order valence-electron chi connectivity index (χ3n) is 3.82. The quantitative estimate of drug-likeness (QED) is 0.908. The Morgan fingerprint density at radius 2 is 1.85 bits per heavy atom. The topological polar surface area (TPSA) is 55.0 Å². The predicted molar refractivity (Wildman–Crippen MR) is 81.6 cm³/mol. The van der Waals surface area contributed by atoms with Gasteiger partial charge in [-0.15, -0.1) is 0 Å². The van der Waals surface area contributed by atoms with Gasteiger partial charge in [0.1, 0.15) is 5.82 Å². The second-order valence-electron chi connectivity index (χ2n) is 5.34. The van der Waals surface area contributed by atoms with E-state index in [0.29, 0.717) is 6.04 Å². The molecule has 0 atom stereocenters. The molecule has 2 aromatic rings. The van der Waals surface area contributed by atoms with Crippen LogP contribution in [0.15, 0.2) is 36.5 Å². The van der Waals surface area contributed by atoms with Crippen molar-refractivity contribution < 1.29 is 0 Å². The van der Waals surface area contributed by atoms with Crippen LogP contribution in [-0.4, -0.2) is 29.1 Å². The molecule has 0 unspecified atom stereocenters. The number of aryl methyl sites for hydroxylation is 1. The van der Waals surface area contributed by atoms with Crippen LogP contribution >= 0.6 is 0 Å². The van der Waals surface area contributed by atoms with E-state index < -0.39 is 0 Å². The molecule has 2 heterocycles. The molecule has 0 aliphatic carbocycles. The van der Waals surface area contributed by atoms with Crippen molar-refractivity contribution in [2.45, 2.75) is 25.8 Å². The number of aromatic nitrogens is 2. The highest BCUT2D eigenvalue weighted by Gasteiger charge is 2.20. The first kappa shape index (κ1) is 13.1. The molecule has 0 saturated carbocycles. The molecule has 2 N–H and O–H groups in total. The average molecular weight is 268 g/mol. The lowest BCUT2D eigenvalue weighted by atomic mass is 10.0. The van der Waals surface area contributed by atoms with Crippen molar-refractivity contribution in [1.82, 2.24) is 9.97 Å². The fraction of sp³-hybridized carbons (Fsp3) is 0.375. The maximum absolute atomic E-state index is 5.99. The van der Waals surface area contributed by atoms with E-state index >= 15 is 0 Å². The van der Waals surface area contributed by atoms with Crippen LogP contribution in [0.4, 0.5) is 5.69 Å². The van der Waals surface area contributed by atoms with Gasteiger partial charge in [-0.25, -0.2) is 9.97 Å². The third kappa shape index (κ3) is 2.65. The number of nitrogens with zero attached hydrogens (tertiary/aromatic N) is 3. The molecule has 0 amide bonds. The molecule has 1 aromatic carbocycles. The Labute approximate surface area is 119 Å². The van der Waals surface area contributed by atoms with Crippen LogP contribution in [0.2, 0.25) is 0 Å². The maximum atomic E-state index is 5.99. The van der Waals surface area contributed by atoms with Gasteiger partial charge in [0.2, 0.25) is 0 Å². The van der Waals surface area contributed by atoms with E-state index in [0.717, 1.165) is 48.7 Å². The summed E-state index contributed by atoms with van der Waals surface area (Å²) in [6.45, 7) is 3.89. The molecular formula is C16H20N4. The summed E-state index contributed by atoms with van der Waals surface area (Å²) >= 11 is 0. The van der Waals surface area contributed by atoms with Crippen LogP contribution in [0.1, 0.15) is 18.7 Å². The Balaban J connectivity index is 1.99. The lowest BCUT2D eigenvalue weighted by molar-refractivity contribution is 0.501. The summed E-state index contributed by atoms with van der Waals surface area (Å²) in [6.07, 6.45) is 4.01. The summed E-state index contributed by atoms with van der Waals surface area (Å²) in [5.74, 6) is 0.807. The average Bonchev–Trinajstić information content (AvgIpc) is 2.49. The standard InChI is InChI=1S/C16H20N4/c1-12-18-11-15(20-9-7-14(17)8-10-20)16(19-12)13-5-3-2-4-6-13/h2-6,11,14H,7-10,17H2,1H3. The van der Waals surface area contributed by atoms with Gasteiger partial charge in [0.15, 0.2) is 0 Å². The van der Waals surface area contributed by atoms with Gasteiger partial charge in [-0.3, -0.25) is 0 Å². The SMILES string of the molecule is Cc1ncc(N2CCC(N)CC2)c(-c2ccccc2)n1. The first-order chi connectivity index (χ1) is 9.74. The number of anilines is 1. The van der Waals surface area contributed by atoms with Crippen LogP contribution < -0.4 is 10.6 Å². The molecule has 1 aromatic heterocycles. The number of piperidine rings is 1. The Hall–Kier alpha value is -1.94. The highest BCUT2D eigenvalue weighted by Crippen LogP contribution is 2.30. The fourth-order valence-corrected chi connectivity index (χ4v) is 2.64. The Kier molecular flexibility index (Phi) is 3.65. The van der Waals surface area contributed by atoms with E-state index in [1.54, 1.807) is 0 Å². The van der Waals surface area contributed by atoms with Crippen LogP contribution in [-0.2, 0) is 0 Å². The van der Waals surface area contributed by atoms with Crippen molar-refractivity contribution >= 4 is 5.69 Å². The van der Waals surface area contributed by atoms with Crippen LogP contribution in [0.3, 0.4) is 0 Å². The van der Waals surface area contributed by atoms with E-state index in [2.05, 4.69) is 27.0 Å². The number of hydrogen-bond acceptors (Lipinski definition) is 4. The molecule has 4 nitrogen and oxygen atoms in total. The third-order valence-corrected chi connectivity index (χ3v) is 3.82. The van der Waals surface area contributed by atoms with Gasteiger partial charge in [-0.2, -0.15) is 0 Å². The zero-order valence-electron chi connectivity index (χ0n) is 11.8. The normalized spacial score (nSPS) is 16.4. The minimum absolute atomic E-state index is 0.331. The fourth-order valence-electron chi connectivity index (χ4n) is 2.64. The summed E-state index contributed by atoms with van der Waals surface area (Å²) in [4.78, 5) is 11.4. The van der Waals surface area contributed by atoms with E-state index in [9.17, 15) is 0 Å². The van der Waals surface area contributed by atoms with Gasteiger partial charge >= 0.3 is 0 Å². The minimum atomic E-state index is 0.331. The largest absolute Gasteiger partial charge is 0.368 e. The number of benzene rings is 1. The minimum Gasteiger partial charge on any atom is -0.368 e. The molecule has 0 bridgehead atoms. The molecule has 1 aliphatic heterocycles. The first-order valence-corrected chi connectivity index (χ1v) is 7.13. The van der Waals surface area contributed by atoms with Crippen LogP contribution in [0, 0.1) is 6.92 Å². The van der Waals surface area contributed by atoms with E-state index in [4.69, 9.17) is 5.73 Å². The second-order valence-corrected chi connectivity index (χ2v) is 5.34. The zero-order valence-corrected chi connectivity index (χ0v) is 11.8. The van der Waals surface area contributed by atoms with E-state index in [-0.39, 0.29) is 0 Å². The molecule has 0 radical (unpaired) electrons. The highest BCUT2D eigenvalue weighted by atomic mass is 15.2.